The van der Waals surface area contributed by atoms with Crippen LogP contribution in [0.15, 0.2) is 42.5 Å². The molecule has 3 aromatic rings. The highest BCUT2D eigenvalue weighted by Crippen LogP contribution is 2.34. The Balaban J connectivity index is 1.81. The number of imidazole rings is 1. The number of amides is 1. The predicted octanol–water partition coefficient (Wildman–Crippen LogP) is 6.28. The van der Waals surface area contributed by atoms with E-state index in [0.29, 0.717) is 12.2 Å². The molecule has 0 bridgehead atoms. The summed E-state index contributed by atoms with van der Waals surface area (Å²) in [4.78, 5) is 21.1. The summed E-state index contributed by atoms with van der Waals surface area (Å²) in [6, 6.07) is 9.62. The molecule has 1 amide bonds. The lowest BCUT2D eigenvalue weighted by molar-refractivity contribution is -0.137. The highest BCUT2D eigenvalue weighted by molar-refractivity contribution is 7.98. The highest BCUT2D eigenvalue weighted by atomic mass is 35.5. The first-order chi connectivity index (χ1) is 15.6. The van der Waals surface area contributed by atoms with Gasteiger partial charge in [-0.05, 0) is 54.7 Å². The number of halogens is 4. The van der Waals surface area contributed by atoms with E-state index in [1.807, 2.05) is 44.4 Å². The van der Waals surface area contributed by atoms with Crippen molar-refractivity contribution in [2.45, 2.75) is 38.5 Å². The molecule has 0 saturated heterocycles. The van der Waals surface area contributed by atoms with Crippen LogP contribution in [0.3, 0.4) is 0 Å². The van der Waals surface area contributed by atoms with E-state index in [0.717, 1.165) is 28.9 Å². The van der Waals surface area contributed by atoms with Gasteiger partial charge >= 0.3 is 6.18 Å². The van der Waals surface area contributed by atoms with Crippen molar-refractivity contribution in [2.24, 2.45) is 5.92 Å². The number of H-pyrrole nitrogens is 1. The van der Waals surface area contributed by atoms with Gasteiger partial charge in [0.2, 0.25) is 5.91 Å². The third kappa shape index (κ3) is 6.35. The summed E-state index contributed by atoms with van der Waals surface area (Å²) in [7, 11) is 0. The van der Waals surface area contributed by atoms with E-state index in [-0.39, 0.29) is 28.6 Å². The van der Waals surface area contributed by atoms with Gasteiger partial charge in [0, 0.05) is 0 Å². The standard InChI is InChI=1S/C23H26ClF3N4OS/c1-13(2)20(28-16-9-8-14(12-15(16)24)23(25,26)27)22(32)31-19(10-11-33-3)21-29-17-6-4-5-7-18(17)30-21/h4-9,12-13,19-20,28H,10-11H2,1-3H3,(H,29,30)(H,31,32)/t19-,20-/m1/s1. The second-order valence-electron chi connectivity index (χ2n) is 8.04. The van der Waals surface area contributed by atoms with E-state index in [1.54, 1.807) is 11.8 Å². The van der Waals surface area contributed by atoms with Gasteiger partial charge < -0.3 is 15.6 Å². The maximum absolute atomic E-state index is 13.2. The number of aromatic nitrogens is 2. The van der Waals surface area contributed by atoms with Crippen molar-refractivity contribution in [3.8, 4) is 0 Å². The Kier molecular flexibility index (Phi) is 8.18. The molecule has 3 rings (SSSR count). The zero-order valence-corrected chi connectivity index (χ0v) is 20.0. The lowest BCUT2D eigenvalue weighted by atomic mass is 10.0. The largest absolute Gasteiger partial charge is 0.416 e. The van der Waals surface area contributed by atoms with Crippen molar-refractivity contribution in [1.82, 2.24) is 15.3 Å². The van der Waals surface area contributed by atoms with E-state index in [9.17, 15) is 18.0 Å². The number of fused-ring (bicyclic) bond motifs is 1. The molecule has 5 nitrogen and oxygen atoms in total. The van der Waals surface area contributed by atoms with Crippen molar-refractivity contribution in [2.75, 3.05) is 17.3 Å². The normalized spacial score (nSPS) is 13.8. The quantitative estimate of drug-likeness (QED) is 0.324. The Hall–Kier alpha value is -2.39. The molecule has 0 aliphatic heterocycles. The molecule has 3 N–H and O–H groups in total. The minimum atomic E-state index is -4.49. The average molecular weight is 499 g/mol. The fourth-order valence-corrected chi connectivity index (χ4v) is 4.13. The van der Waals surface area contributed by atoms with Crippen LogP contribution in [0, 0.1) is 5.92 Å². The number of aromatic amines is 1. The van der Waals surface area contributed by atoms with Crippen LogP contribution in [0.4, 0.5) is 18.9 Å². The molecule has 0 unspecified atom stereocenters. The average Bonchev–Trinajstić information content (AvgIpc) is 3.18. The van der Waals surface area contributed by atoms with Crippen molar-refractivity contribution < 1.29 is 18.0 Å². The molecule has 2 aromatic carbocycles. The zero-order chi connectivity index (χ0) is 24.2. The Labute approximate surface area is 199 Å². The Morgan fingerprint density at radius 1 is 1.21 bits per heavy atom. The summed E-state index contributed by atoms with van der Waals surface area (Å²) in [6.07, 6.45) is -1.84. The lowest BCUT2D eigenvalue weighted by Gasteiger charge is -2.26. The second-order valence-corrected chi connectivity index (χ2v) is 9.43. The molecule has 0 radical (unpaired) electrons. The number of thioether (sulfide) groups is 1. The number of alkyl halides is 3. The van der Waals surface area contributed by atoms with Gasteiger partial charge in [-0.3, -0.25) is 4.79 Å². The topological polar surface area (TPSA) is 69.8 Å². The number of para-hydroxylation sites is 2. The van der Waals surface area contributed by atoms with Gasteiger partial charge in [0.05, 0.1) is 33.3 Å². The van der Waals surface area contributed by atoms with Crippen LogP contribution in [-0.2, 0) is 11.0 Å². The third-order valence-corrected chi connectivity index (χ3v) is 6.18. The molecule has 2 atom stereocenters. The molecule has 0 aliphatic rings. The molecule has 0 saturated carbocycles. The van der Waals surface area contributed by atoms with E-state index in [1.165, 1.54) is 6.07 Å². The van der Waals surface area contributed by atoms with Gasteiger partial charge in [-0.2, -0.15) is 24.9 Å². The van der Waals surface area contributed by atoms with Crippen molar-refractivity contribution in [3.63, 3.8) is 0 Å². The summed E-state index contributed by atoms with van der Waals surface area (Å²) in [6.45, 7) is 3.71. The molecule has 0 spiro atoms. The number of carbonyl (C=O) groups is 1. The first-order valence-corrected chi connectivity index (χ1v) is 12.2. The van der Waals surface area contributed by atoms with Gasteiger partial charge in [0.25, 0.3) is 0 Å². The monoisotopic (exact) mass is 498 g/mol. The maximum Gasteiger partial charge on any atom is 0.416 e. The minimum absolute atomic E-state index is 0.0977. The SMILES string of the molecule is CSCC[C@@H](NC(=O)[C@H](Nc1ccc(C(F)(F)F)cc1Cl)C(C)C)c1nc2ccccc2[nH]1. The molecule has 178 valence electrons. The van der Waals surface area contributed by atoms with Gasteiger partial charge in [-0.25, -0.2) is 4.98 Å². The Morgan fingerprint density at radius 3 is 2.55 bits per heavy atom. The van der Waals surface area contributed by atoms with Gasteiger partial charge in [-0.1, -0.05) is 37.6 Å². The number of hydrogen-bond donors (Lipinski definition) is 3. The molecule has 1 heterocycles. The number of carbonyl (C=O) groups excluding carboxylic acids is 1. The number of benzene rings is 2. The van der Waals surface area contributed by atoms with Crippen LogP contribution in [0.5, 0.6) is 0 Å². The Bertz CT molecular complexity index is 1070. The summed E-state index contributed by atoms with van der Waals surface area (Å²) in [5, 5.41) is 5.97. The third-order valence-electron chi connectivity index (χ3n) is 5.22. The Morgan fingerprint density at radius 2 is 1.94 bits per heavy atom. The van der Waals surface area contributed by atoms with Gasteiger partial charge in [-0.15, -0.1) is 0 Å². The number of hydrogen-bond acceptors (Lipinski definition) is 4. The molecule has 1 aromatic heterocycles. The molecule has 10 heteroatoms. The summed E-state index contributed by atoms with van der Waals surface area (Å²) in [5.41, 5.74) is 1.12. The summed E-state index contributed by atoms with van der Waals surface area (Å²) < 4.78 is 38.8. The van der Waals surface area contributed by atoms with Gasteiger partial charge in [0.15, 0.2) is 0 Å². The molecule has 0 fully saturated rings. The fraction of sp³-hybridized carbons (Fsp3) is 0.391. The molecule has 0 aliphatic carbocycles. The molecule has 33 heavy (non-hydrogen) atoms. The first-order valence-electron chi connectivity index (χ1n) is 10.5. The van der Waals surface area contributed by atoms with Crippen LogP contribution in [0.1, 0.15) is 37.7 Å². The molecular formula is C23H26ClF3N4OS. The number of nitrogens with one attached hydrogen (secondary N) is 3. The van der Waals surface area contributed by atoms with Crippen molar-refractivity contribution in [3.05, 3.63) is 58.9 Å². The fourth-order valence-electron chi connectivity index (χ4n) is 3.42. The smallest absolute Gasteiger partial charge is 0.372 e. The molecular weight excluding hydrogens is 473 g/mol. The van der Waals surface area contributed by atoms with Crippen LogP contribution in [0.2, 0.25) is 5.02 Å². The van der Waals surface area contributed by atoms with Gasteiger partial charge in [0.1, 0.15) is 11.9 Å². The van der Waals surface area contributed by atoms with Crippen molar-refractivity contribution >= 4 is 46.0 Å². The minimum Gasteiger partial charge on any atom is -0.372 e. The van der Waals surface area contributed by atoms with Crippen LogP contribution in [0.25, 0.3) is 11.0 Å². The number of nitrogens with zero attached hydrogens (tertiary/aromatic N) is 1. The van der Waals surface area contributed by atoms with E-state index < -0.39 is 17.8 Å². The predicted molar refractivity (Wildman–Crippen MR) is 129 cm³/mol. The maximum atomic E-state index is 13.2. The zero-order valence-electron chi connectivity index (χ0n) is 18.5. The van der Waals surface area contributed by atoms with E-state index >= 15 is 0 Å². The lowest BCUT2D eigenvalue weighted by Crippen LogP contribution is -2.44. The van der Waals surface area contributed by atoms with E-state index in [2.05, 4.69) is 20.6 Å². The van der Waals surface area contributed by atoms with Crippen LogP contribution >= 0.6 is 23.4 Å². The van der Waals surface area contributed by atoms with Crippen molar-refractivity contribution in [1.29, 1.82) is 0 Å². The second kappa shape index (κ2) is 10.7. The first kappa shape index (κ1) is 25.2. The number of rotatable bonds is 9. The van der Waals surface area contributed by atoms with E-state index in [4.69, 9.17) is 11.6 Å². The number of anilines is 1. The van der Waals surface area contributed by atoms with Crippen LogP contribution in [-0.4, -0.2) is 33.9 Å². The highest BCUT2D eigenvalue weighted by Gasteiger charge is 2.32. The summed E-state index contributed by atoms with van der Waals surface area (Å²) >= 11 is 7.76. The summed E-state index contributed by atoms with van der Waals surface area (Å²) in [5.74, 6) is 1.04. The van der Waals surface area contributed by atoms with Crippen LogP contribution < -0.4 is 10.6 Å².